The normalized spacial score (nSPS) is 22.9. The van der Waals surface area contributed by atoms with Gasteiger partial charge in [0.25, 0.3) is 0 Å². The Morgan fingerprint density at radius 2 is 2.10 bits per heavy atom. The number of nitrogen functional groups attached to an aromatic ring is 1. The van der Waals surface area contributed by atoms with Gasteiger partial charge in [0, 0.05) is 50.1 Å². The van der Waals surface area contributed by atoms with Crippen LogP contribution in [-0.4, -0.2) is 26.7 Å². The Hall–Kier alpha value is -1.14. The number of halogens is 1. The first kappa shape index (κ1) is 13.8. The van der Waals surface area contributed by atoms with Gasteiger partial charge in [-0.15, -0.1) is 0 Å². The summed E-state index contributed by atoms with van der Waals surface area (Å²) >= 11 is 3.42. The maximum absolute atomic E-state index is 11.4. The average Bonchev–Trinajstić information content (AvgIpc) is 2.44. The molecule has 0 saturated carbocycles. The van der Waals surface area contributed by atoms with Gasteiger partial charge in [0.15, 0.2) is 0 Å². The molecule has 6 heteroatoms. The van der Waals surface area contributed by atoms with Gasteiger partial charge in [0.1, 0.15) is 0 Å². The Morgan fingerprint density at radius 3 is 2.85 bits per heavy atom. The molecule has 2 heterocycles. The van der Waals surface area contributed by atoms with Gasteiger partial charge in [0.2, 0.25) is 0 Å². The van der Waals surface area contributed by atoms with E-state index in [1.165, 1.54) is 0 Å². The fraction of sp³-hybridized carbons (Fsp3) is 0.357. The standard InChI is InChI=1S/C14H16BrN3OS/c15-9-7-11-12(16)1-2-13(14(11)17-8-9)18-10-3-5-20(19)6-4-10/h1-2,7-8,10,18H,3-6,16H2. The molecule has 4 nitrogen and oxygen atoms in total. The fourth-order valence-electron chi connectivity index (χ4n) is 2.49. The highest BCUT2D eigenvalue weighted by Gasteiger charge is 2.18. The van der Waals surface area contributed by atoms with Crippen LogP contribution in [0, 0.1) is 0 Å². The summed E-state index contributed by atoms with van der Waals surface area (Å²) in [6, 6.07) is 6.23. The number of fused-ring (bicyclic) bond motifs is 1. The van der Waals surface area contributed by atoms with E-state index in [4.69, 9.17) is 5.73 Å². The summed E-state index contributed by atoms with van der Waals surface area (Å²) in [7, 11) is -0.635. The van der Waals surface area contributed by atoms with Gasteiger partial charge in [-0.25, -0.2) is 0 Å². The molecule has 2 aromatic rings. The molecule has 1 fully saturated rings. The van der Waals surface area contributed by atoms with Crippen molar-refractivity contribution in [1.29, 1.82) is 0 Å². The molecule has 0 spiro atoms. The molecular formula is C14H16BrN3OS. The SMILES string of the molecule is Nc1ccc(NC2CCS(=O)CC2)c2ncc(Br)cc12. The van der Waals surface area contributed by atoms with Crippen molar-refractivity contribution < 1.29 is 4.21 Å². The molecule has 0 unspecified atom stereocenters. The van der Waals surface area contributed by atoms with Crippen LogP contribution in [0.3, 0.4) is 0 Å². The smallest absolute Gasteiger partial charge is 0.0954 e. The molecule has 1 saturated heterocycles. The number of nitrogens with one attached hydrogen (secondary N) is 1. The van der Waals surface area contributed by atoms with Crippen molar-refractivity contribution in [3.8, 4) is 0 Å². The zero-order valence-electron chi connectivity index (χ0n) is 10.9. The number of nitrogens with two attached hydrogens (primary N) is 1. The van der Waals surface area contributed by atoms with Crippen LogP contribution >= 0.6 is 15.9 Å². The molecule has 1 aromatic heterocycles. The van der Waals surface area contributed by atoms with E-state index in [1.54, 1.807) is 6.20 Å². The third kappa shape index (κ3) is 2.81. The summed E-state index contributed by atoms with van der Waals surface area (Å²) in [4.78, 5) is 4.47. The zero-order valence-corrected chi connectivity index (χ0v) is 13.3. The van der Waals surface area contributed by atoms with Crippen molar-refractivity contribution >= 4 is 49.0 Å². The van der Waals surface area contributed by atoms with Crippen molar-refractivity contribution in [2.24, 2.45) is 0 Å². The molecule has 1 aliphatic rings. The molecular weight excluding hydrogens is 338 g/mol. The van der Waals surface area contributed by atoms with Crippen molar-refractivity contribution in [2.75, 3.05) is 22.6 Å². The summed E-state index contributed by atoms with van der Waals surface area (Å²) in [5.74, 6) is 1.56. The van der Waals surface area contributed by atoms with E-state index in [0.717, 1.165) is 51.1 Å². The van der Waals surface area contributed by atoms with E-state index in [9.17, 15) is 4.21 Å². The van der Waals surface area contributed by atoms with E-state index in [2.05, 4.69) is 26.2 Å². The van der Waals surface area contributed by atoms with Crippen molar-refractivity contribution in [3.63, 3.8) is 0 Å². The summed E-state index contributed by atoms with van der Waals surface area (Å²) in [5.41, 5.74) is 8.63. The highest BCUT2D eigenvalue weighted by atomic mass is 79.9. The van der Waals surface area contributed by atoms with Crippen LogP contribution in [0.25, 0.3) is 10.9 Å². The van der Waals surface area contributed by atoms with E-state index >= 15 is 0 Å². The van der Waals surface area contributed by atoms with E-state index in [0.29, 0.717) is 6.04 Å². The Kier molecular flexibility index (Phi) is 3.94. The quantitative estimate of drug-likeness (QED) is 0.814. The minimum absolute atomic E-state index is 0.366. The van der Waals surface area contributed by atoms with E-state index in [1.807, 2.05) is 18.2 Å². The molecule has 0 amide bonds. The molecule has 3 rings (SSSR count). The molecule has 1 aromatic carbocycles. The molecule has 1 aliphatic heterocycles. The number of anilines is 2. The van der Waals surface area contributed by atoms with Crippen LogP contribution in [0.5, 0.6) is 0 Å². The monoisotopic (exact) mass is 353 g/mol. The lowest BCUT2D eigenvalue weighted by Crippen LogP contribution is -2.29. The summed E-state index contributed by atoms with van der Waals surface area (Å²) < 4.78 is 12.3. The van der Waals surface area contributed by atoms with Crippen LogP contribution < -0.4 is 11.1 Å². The minimum atomic E-state index is -0.635. The molecule has 0 aliphatic carbocycles. The second-order valence-electron chi connectivity index (χ2n) is 5.02. The Labute approximate surface area is 128 Å². The second-order valence-corrected chi connectivity index (χ2v) is 7.63. The van der Waals surface area contributed by atoms with Crippen molar-refractivity contribution in [3.05, 3.63) is 28.9 Å². The summed E-state index contributed by atoms with van der Waals surface area (Å²) in [5, 5.41) is 4.47. The molecule has 0 atom stereocenters. The molecule has 0 bridgehead atoms. The highest BCUT2D eigenvalue weighted by Crippen LogP contribution is 2.30. The predicted molar refractivity (Wildman–Crippen MR) is 88.4 cm³/mol. The van der Waals surface area contributed by atoms with Crippen LogP contribution in [0.2, 0.25) is 0 Å². The lowest BCUT2D eigenvalue weighted by atomic mass is 10.1. The van der Waals surface area contributed by atoms with Crippen molar-refractivity contribution in [2.45, 2.75) is 18.9 Å². The Balaban J connectivity index is 1.92. The van der Waals surface area contributed by atoms with Gasteiger partial charge in [-0.3, -0.25) is 9.19 Å². The van der Waals surface area contributed by atoms with Crippen LogP contribution in [0.4, 0.5) is 11.4 Å². The molecule has 0 radical (unpaired) electrons. The maximum Gasteiger partial charge on any atom is 0.0954 e. The van der Waals surface area contributed by atoms with E-state index < -0.39 is 10.8 Å². The van der Waals surface area contributed by atoms with Crippen LogP contribution in [0.15, 0.2) is 28.9 Å². The molecule has 20 heavy (non-hydrogen) atoms. The number of hydrogen-bond acceptors (Lipinski definition) is 4. The molecule has 3 N–H and O–H groups in total. The van der Waals surface area contributed by atoms with Crippen LogP contribution in [0.1, 0.15) is 12.8 Å². The third-order valence-corrected chi connectivity index (χ3v) is 5.41. The average molecular weight is 354 g/mol. The topological polar surface area (TPSA) is 68.0 Å². The lowest BCUT2D eigenvalue weighted by Gasteiger charge is -2.24. The molecule has 106 valence electrons. The van der Waals surface area contributed by atoms with Gasteiger partial charge < -0.3 is 11.1 Å². The number of hydrogen-bond donors (Lipinski definition) is 2. The fourth-order valence-corrected chi connectivity index (χ4v) is 4.12. The largest absolute Gasteiger partial charge is 0.398 e. The summed E-state index contributed by atoms with van der Waals surface area (Å²) in [6.07, 6.45) is 3.66. The second kappa shape index (κ2) is 5.69. The number of pyridine rings is 1. The van der Waals surface area contributed by atoms with Gasteiger partial charge in [-0.2, -0.15) is 0 Å². The number of rotatable bonds is 2. The first-order chi connectivity index (χ1) is 9.63. The predicted octanol–water partition coefficient (Wildman–Crippen LogP) is 2.90. The van der Waals surface area contributed by atoms with Gasteiger partial charge in [-0.05, 0) is 47.0 Å². The number of benzene rings is 1. The van der Waals surface area contributed by atoms with Crippen LogP contribution in [-0.2, 0) is 10.8 Å². The maximum atomic E-state index is 11.4. The first-order valence-corrected chi connectivity index (χ1v) is 8.87. The number of nitrogens with zero attached hydrogens (tertiary/aromatic N) is 1. The number of aromatic nitrogens is 1. The van der Waals surface area contributed by atoms with Gasteiger partial charge in [-0.1, -0.05) is 0 Å². The van der Waals surface area contributed by atoms with E-state index in [-0.39, 0.29) is 0 Å². The minimum Gasteiger partial charge on any atom is -0.398 e. The Bertz CT molecular complexity index is 667. The Morgan fingerprint density at radius 1 is 1.35 bits per heavy atom. The van der Waals surface area contributed by atoms with Crippen molar-refractivity contribution in [1.82, 2.24) is 4.98 Å². The third-order valence-electron chi connectivity index (χ3n) is 3.60. The van der Waals surface area contributed by atoms with Gasteiger partial charge in [0.05, 0.1) is 11.2 Å². The van der Waals surface area contributed by atoms with Gasteiger partial charge >= 0.3 is 0 Å². The summed E-state index contributed by atoms with van der Waals surface area (Å²) in [6.45, 7) is 0. The lowest BCUT2D eigenvalue weighted by molar-refractivity contribution is 0.624. The zero-order chi connectivity index (χ0) is 14.1. The highest BCUT2D eigenvalue weighted by molar-refractivity contribution is 9.10. The first-order valence-electron chi connectivity index (χ1n) is 6.59.